The normalized spacial score (nSPS) is 11.1. The summed E-state index contributed by atoms with van der Waals surface area (Å²) in [6.45, 7) is 3.84. The Morgan fingerprint density at radius 2 is 2.13 bits per heavy atom. The fourth-order valence-electron chi connectivity index (χ4n) is 1.49. The van der Waals surface area contributed by atoms with E-state index >= 15 is 0 Å². The number of nitrogens with two attached hydrogens (primary N) is 2. The van der Waals surface area contributed by atoms with Crippen molar-refractivity contribution in [3.05, 3.63) is 24.3 Å². The van der Waals surface area contributed by atoms with Crippen LogP contribution < -0.4 is 16.8 Å². The highest BCUT2D eigenvalue weighted by atomic mass is 16.1. The summed E-state index contributed by atoms with van der Waals surface area (Å²) in [6.07, 6.45) is 0.280. The van der Waals surface area contributed by atoms with E-state index in [4.69, 9.17) is 11.5 Å². The highest BCUT2D eigenvalue weighted by molar-refractivity contribution is 5.75. The van der Waals surface area contributed by atoms with Crippen LogP contribution in [0.5, 0.6) is 0 Å². The van der Waals surface area contributed by atoms with E-state index in [1.807, 2.05) is 38.1 Å². The average Bonchev–Trinajstić information content (AvgIpc) is 1.99. The van der Waals surface area contributed by atoms with Gasteiger partial charge in [0, 0.05) is 23.3 Å². The summed E-state index contributed by atoms with van der Waals surface area (Å²) in [6, 6.07) is 7.39. The standard InChI is InChI=1S/C11H17N3O/c1-11(2,7-10(13)15)14-9-5-3-4-8(12)6-9/h3-6,14H,7,12H2,1-2H3,(H2,13,15). The predicted molar refractivity (Wildman–Crippen MR) is 62.4 cm³/mol. The van der Waals surface area contributed by atoms with Crippen LogP contribution in [0.4, 0.5) is 11.4 Å². The molecule has 1 aromatic rings. The van der Waals surface area contributed by atoms with Crippen molar-refractivity contribution in [1.82, 2.24) is 0 Å². The molecule has 0 unspecified atom stereocenters. The maximum Gasteiger partial charge on any atom is 0.219 e. The number of nitrogen functional groups attached to an aromatic ring is 1. The smallest absolute Gasteiger partial charge is 0.219 e. The lowest BCUT2D eigenvalue weighted by atomic mass is 10.00. The Kier molecular flexibility index (Phi) is 3.19. The van der Waals surface area contributed by atoms with E-state index in [0.29, 0.717) is 5.69 Å². The maximum absolute atomic E-state index is 10.8. The van der Waals surface area contributed by atoms with Crippen molar-refractivity contribution in [3.8, 4) is 0 Å². The molecule has 0 bridgehead atoms. The number of rotatable bonds is 4. The lowest BCUT2D eigenvalue weighted by Gasteiger charge is -2.26. The molecule has 82 valence electrons. The van der Waals surface area contributed by atoms with Crippen molar-refractivity contribution in [2.45, 2.75) is 25.8 Å². The molecule has 0 atom stereocenters. The molecule has 0 saturated carbocycles. The number of primary amides is 1. The van der Waals surface area contributed by atoms with Crippen molar-refractivity contribution in [2.24, 2.45) is 5.73 Å². The summed E-state index contributed by atoms with van der Waals surface area (Å²) in [5.74, 6) is -0.323. The Morgan fingerprint density at radius 1 is 1.47 bits per heavy atom. The van der Waals surface area contributed by atoms with Crippen LogP contribution >= 0.6 is 0 Å². The summed E-state index contributed by atoms with van der Waals surface area (Å²) in [5.41, 5.74) is 12.0. The van der Waals surface area contributed by atoms with E-state index in [9.17, 15) is 4.79 Å². The number of hydrogen-bond acceptors (Lipinski definition) is 3. The third-order valence-corrected chi connectivity index (χ3v) is 1.99. The third-order valence-electron chi connectivity index (χ3n) is 1.99. The molecule has 0 aromatic heterocycles. The molecular weight excluding hydrogens is 190 g/mol. The topological polar surface area (TPSA) is 81.1 Å². The number of nitrogens with one attached hydrogen (secondary N) is 1. The Bertz CT molecular complexity index is 361. The van der Waals surface area contributed by atoms with Crippen LogP contribution in [-0.4, -0.2) is 11.4 Å². The van der Waals surface area contributed by atoms with Crippen molar-refractivity contribution < 1.29 is 4.79 Å². The summed E-state index contributed by atoms with van der Waals surface area (Å²) < 4.78 is 0. The summed E-state index contributed by atoms with van der Waals surface area (Å²) in [7, 11) is 0. The van der Waals surface area contributed by atoms with E-state index in [1.165, 1.54) is 0 Å². The number of benzene rings is 1. The van der Waals surface area contributed by atoms with Gasteiger partial charge in [0.05, 0.1) is 0 Å². The highest BCUT2D eigenvalue weighted by Gasteiger charge is 2.19. The third kappa shape index (κ3) is 3.89. The second kappa shape index (κ2) is 4.21. The van der Waals surface area contributed by atoms with Crippen LogP contribution in [0.3, 0.4) is 0 Å². The van der Waals surface area contributed by atoms with Gasteiger partial charge in [-0.05, 0) is 32.0 Å². The minimum atomic E-state index is -0.361. The number of carbonyl (C=O) groups is 1. The van der Waals surface area contributed by atoms with Crippen molar-refractivity contribution in [1.29, 1.82) is 0 Å². The van der Waals surface area contributed by atoms with Gasteiger partial charge in [-0.1, -0.05) is 6.07 Å². The number of carbonyl (C=O) groups excluding carboxylic acids is 1. The Balaban J connectivity index is 2.72. The molecule has 0 aliphatic rings. The molecule has 1 aromatic carbocycles. The van der Waals surface area contributed by atoms with Gasteiger partial charge in [0.1, 0.15) is 0 Å². The molecular formula is C11H17N3O. The van der Waals surface area contributed by atoms with Crippen LogP contribution in [0.25, 0.3) is 0 Å². The first-order chi connectivity index (χ1) is 6.89. The summed E-state index contributed by atoms with van der Waals surface area (Å²) in [5, 5.41) is 3.21. The minimum absolute atomic E-state index is 0.280. The zero-order valence-electron chi connectivity index (χ0n) is 9.08. The van der Waals surface area contributed by atoms with E-state index < -0.39 is 0 Å². The van der Waals surface area contributed by atoms with Gasteiger partial charge in [-0.25, -0.2) is 0 Å². The van der Waals surface area contributed by atoms with E-state index in [2.05, 4.69) is 5.32 Å². The van der Waals surface area contributed by atoms with Crippen molar-refractivity contribution >= 4 is 17.3 Å². The zero-order valence-corrected chi connectivity index (χ0v) is 9.08. The van der Waals surface area contributed by atoms with E-state index in [0.717, 1.165) is 5.69 Å². The van der Waals surface area contributed by atoms with E-state index in [1.54, 1.807) is 0 Å². The quantitative estimate of drug-likeness (QED) is 0.651. The first-order valence-electron chi connectivity index (χ1n) is 4.81. The fraction of sp³-hybridized carbons (Fsp3) is 0.364. The van der Waals surface area contributed by atoms with Gasteiger partial charge in [-0.2, -0.15) is 0 Å². The fourth-order valence-corrected chi connectivity index (χ4v) is 1.49. The largest absolute Gasteiger partial charge is 0.399 e. The van der Waals surface area contributed by atoms with Crippen LogP contribution in [-0.2, 0) is 4.79 Å². The molecule has 0 spiro atoms. The molecule has 0 fully saturated rings. The first kappa shape index (κ1) is 11.4. The monoisotopic (exact) mass is 207 g/mol. The van der Waals surface area contributed by atoms with Gasteiger partial charge in [-0.15, -0.1) is 0 Å². The van der Waals surface area contributed by atoms with Gasteiger partial charge in [0.2, 0.25) is 5.91 Å². The zero-order chi connectivity index (χ0) is 11.5. The van der Waals surface area contributed by atoms with Gasteiger partial charge in [0.15, 0.2) is 0 Å². The molecule has 0 aliphatic carbocycles. The number of amides is 1. The minimum Gasteiger partial charge on any atom is -0.399 e. The van der Waals surface area contributed by atoms with Crippen LogP contribution in [0, 0.1) is 0 Å². The van der Waals surface area contributed by atoms with Crippen molar-refractivity contribution in [2.75, 3.05) is 11.1 Å². The van der Waals surface area contributed by atoms with Crippen LogP contribution in [0.2, 0.25) is 0 Å². The van der Waals surface area contributed by atoms with Gasteiger partial charge in [-0.3, -0.25) is 4.79 Å². The number of hydrogen-bond donors (Lipinski definition) is 3. The average molecular weight is 207 g/mol. The molecule has 0 aliphatic heterocycles. The molecule has 0 heterocycles. The first-order valence-corrected chi connectivity index (χ1v) is 4.81. The van der Waals surface area contributed by atoms with E-state index in [-0.39, 0.29) is 17.9 Å². The Hall–Kier alpha value is -1.71. The molecule has 1 amide bonds. The second-order valence-corrected chi connectivity index (χ2v) is 4.28. The molecule has 4 heteroatoms. The molecule has 0 saturated heterocycles. The lowest BCUT2D eigenvalue weighted by molar-refractivity contribution is -0.118. The number of anilines is 2. The second-order valence-electron chi connectivity index (χ2n) is 4.28. The molecule has 5 N–H and O–H groups in total. The Labute approximate surface area is 89.6 Å². The summed E-state index contributed by atoms with van der Waals surface area (Å²) in [4.78, 5) is 10.8. The van der Waals surface area contributed by atoms with Crippen molar-refractivity contribution in [3.63, 3.8) is 0 Å². The Morgan fingerprint density at radius 3 is 2.67 bits per heavy atom. The van der Waals surface area contributed by atoms with Gasteiger partial charge >= 0.3 is 0 Å². The summed E-state index contributed by atoms with van der Waals surface area (Å²) >= 11 is 0. The maximum atomic E-state index is 10.8. The van der Waals surface area contributed by atoms with Crippen LogP contribution in [0.15, 0.2) is 24.3 Å². The highest BCUT2D eigenvalue weighted by Crippen LogP contribution is 2.19. The SMILES string of the molecule is CC(C)(CC(N)=O)Nc1cccc(N)c1. The van der Waals surface area contributed by atoms with Crippen LogP contribution in [0.1, 0.15) is 20.3 Å². The molecule has 0 radical (unpaired) electrons. The lowest BCUT2D eigenvalue weighted by Crippen LogP contribution is -2.35. The molecule has 15 heavy (non-hydrogen) atoms. The van der Waals surface area contributed by atoms with Gasteiger partial charge in [0.25, 0.3) is 0 Å². The molecule has 4 nitrogen and oxygen atoms in total. The predicted octanol–water partition coefficient (Wildman–Crippen LogP) is 1.33. The molecule has 1 rings (SSSR count). The van der Waals surface area contributed by atoms with Gasteiger partial charge < -0.3 is 16.8 Å².